The minimum atomic E-state index is -1.39. The highest BCUT2D eigenvalue weighted by molar-refractivity contribution is 9.10. The molecule has 182 valence electrons. The standard InChI is InChI=1S/C22H20BrFN6O5/c1-35-22(34)11-5-6-14-13(7-11)19(20(25)32)28-30(14)10-18(31)29-9-12(24)8-15(29)21(33)27-17-4-2-3-16(23)26-17/h2-7,12,15H,8-10H2,1H3,(H2,25,32)(H,26,27,33)/t12-,15+/m1/s1. The van der Waals surface area contributed by atoms with Gasteiger partial charge in [0.05, 0.1) is 24.7 Å². The van der Waals surface area contributed by atoms with E-state index in [1.54, 1.807) is 18.2 Å². The fourth-order valence-electron chi connectivity index (χ4n) is 3.94. The van der Waals surface area contributed by atoms with E-state index >= 15 is 0 Å². The SMILES string of the molecule is COC(=O)c1ccc2c(c1)c(C(N)=O)nn2CC(=O)N1C[C@H](F)C[C@H]1C(=O)Nc1cccc(Br)n1. The van der Waals surface area contributed by atoms with Crippen LogP contribution in [0, 0.1) is 0 Å². The molecule has 35 heavy (non-hydrogen) atoms. The first-order valence-corrected chi connectivity index (χ1v) is 11.2. The Hall–Kier alpha value is -3.87. The molecule has 3 heterocycles. The molecule has 1 fully saturated rings. The summed E-state index contributed by atoms with van der Waals surface area (Å²) in [7, 11) is 1.22. The summed E-state index contributed by atoms with van der Waals surface area (Å²) >= 11 is 3.21. The molecule has 4 rings (SSSR count). The van der Waals surface area contributed by atoms with Gasteiger partial charge in [-0.3, -0.25) is 19.1 Å². The molecule has 0 radical (unpaired) electrons. The van der Waals surface area contributed by atoms with E-state index < -0.39 is 35.9 Å². The summed E-state index contributed by atoms with van der Waals surface area (Å²) in [4.78, 5) is 55.0. The van der Waals surface area contributed by atoms with Gasteiger partial charge in [0, 0.05) is 11.8 Å². The number of esters is 1. The van der Waals surface area contributed by atoms with E-state index in [1.165, 1.54) is 30.0 Å². The predicted molar refractivity (Wildman–Crippen MR) is 125 cm³/mol. The second-order valence-corrected chi connectivity index (χ2v) is 8.64. The van der Waals surface area contributed by atoms with E-state index in [0.29, 0.717) is 10.1 Å². The number of amides is 3. The first-order chi connectivity index (χ1) is 16.7. The van der Waals surface area contributed by atoms with Crippen molar-refractivity contribution in [3.05, 3.63) is 52.3 Å². The van der Waals surface area contributed by atoms with Gasteiger partial charge in [0.15, 0.2) is 5.69 Å². The van der Waals surface area contributed by atoms with Crippen LogP contribution in [0.4, 0.5) is 10.2 Å². The number of rotatable bonds is 6. The van der Waals surface area contributed by atoms with Crippen molar-refractivity contribution in [3.63, 3.8) is 0 Å². The molecule has 2 aromatic heterocycles. The molecule has 1 saturated heterocycles. The third-order valence-corrected chi connectivity index (χ3v) is 5.97. The number of fused-ring (bicyclic) bond motifs is 1. The number of carbonyl (C=O) groups excluding carboxylic acids is 4. The summed E-state index contributed by atoms with van der Waals surface area (Å²) in [6, 6.07) is 8.22. The molecular weight excluding hydrogens is 527 g/mol. The van der Waals surface area contributed by atoms with Crippen molar-refractivity contribution in [3.8, 4) is 0 Å². The summed E-state index contributed by atoms with van der Waals surface area (Å²) in [6.07, 6.45) is -1.55. The number of likely N-dealkylation sites (tertiary alicyclic amines) is 1. The van der Waals surface area contributed by atoms with Crippen LogP contribution in [0.3, 0.4) is 0 Å². The number of hydrogen-bond donors (Lipinski definition) is 2. The van der Waals surface area contributed by atoms with E-state index in [4.69, 9.17) is 10.5 Å². The quantitative estimate of drug-likeness (QED) is 0.352. The number of anilines is 1. The predicted octanol–water partition coefficient (Wildman–Crippen LogP) is 1.66. The molecule has 3 N–H and O–H groups in total. The number of nitrogens with one attached hydrogen (secondary N) is 1. The molecule has 0 unspecified atom stereocenters. The molecule has 0 bridgehead atoms. The summed E-state index contributed by atoms with van der Waals surface area (Å²) in [6.45, 7) is -0.649. The van der Waals surface area contributed by atoms with E-state index in [0.717, 1.165) is 4.90 Å². The lowest BCUT2D eigenvalue weighted by molar-refractivity contribution is -0.137. The van der Waals surface area contributed by atoms with Gasteiger partial charge in [0.2, 0.25) is 11.8 Å². The molecule has 1 aliphatic rings. The topological polar surface area (TPSA) is 150 Å². The number of methoxy groups -OCH3 is 1. The smallest absolute Gasteiger partial charge is 0.337 e. The van der Waals surface area contributed by atoms with Gasteiger partial charge in [-0.15, -0.1) is 0 Å². The van der Waals surface area contributed by atoms with Gasteiger partial charge in [-0.2, -0.15) is 5.10 Å². The molecule has 0 spiro atoms. The Morgan fingerprint density at radius 2 is 2.03 bits per heavy atom. The number of aromatic nitrogens is 3. The van der Waals surface area contributed by atoms with E-state index in [1.807, 2.05) is 0 Å². The number of nitrogens with two attached hydrogens (primary N) is 1. The monoisotopic (exact) mass is 546 g/mol. The molecular formula is C22H20BrFN6O5. The van der Waals surface area contributed by atoms with Crippen LogP contribution in [0.2, 0.25) is 0 Å². The Balaban J connectivity index is 1.59. The molecule has 11 nitrogen and oxygen atoms in total. The maximum absolute atomic E-state index is 14.3. The zero-order valence-corrected chi connectivity index (χ0v) is 20.0. The van der Waals surface area contributed by atoms with E-state index in [9.17, 15) is 23.6 Å². The Bertz CT molecular complexity index is 1350. The van der Waals surface area contributed by atoms with Crippen LogP contribution in [-0.2, 0) is 20.9 Å². The molecule has 2 atom stereocenters. The highest BCUT2D eigenvalue weighted by Gasteiger charge is 2.40. The summed E-state index contributed by atoms with van der Waals surface area (Å²) in [5, 5.41) is 6.98. The first kappa shape index (κ1) is 24.3. The van der Waals surface area contributed by atoms with Crippen molar-refractivity contribution in [1.82, 2.24) is 19.7 Å². The number of benzene rings is 1. The third-order valence-electron chi connectivity index (χ3n) is 5.53. The Morgan fingerprint density at radius 1 is 1.26 bits per heavy atom. The van der Waals surface area contributed by atoms with Crippen LogP contribution in [0.15, 0.2) is 41.0 Å². The summed E-state index contributed by atoms with van der Waals surface area (Å²) in [5.74, 6) is -2.37. The average Bonchev–Trinajstić information content (AvgIpc) is 3.39. The van der Waals surface area contributed by atoms with Crippen LogP contribution in [-0.4, -0.2) is 69.2 Å². The third kappa shape index (κ3) is 4.99. The van der Waals surface area contributed by atoms with E-state index in [2.05, 4.69) is 31.3 Å². The van der Waals surface area contributed by atoms with Crippen LogP contribution in [0.5, 0.6) is 0 Å². The average molecular weight is 547 g/mol. The minimum Gasteiger partial charge on any atom is -0.465 e. The van der Waals surface area contributed by atoms with Crippen molar-refractivity contribution >= 4 is 56.3 Å². The largest absolute Gasteiger partial charge is 0.465 e. The number of halogens is 2. The van der Waals surface area contributed by atoms with Gasteiger partial charge in [0.25, 0.3) is 5.91 Å². The number of primary amides is 1. The number of carbonyl (C=O) groups is 4. The lowest BCUT2D eigenvalue weighted by Crippen LogP contribution is -2.44. The highest BCUT2D eigenvalue weighted by Crippen LogP contribution is 2.25. The Morgan fingerprint density at radius 3 is 2.71 bits per heavy atom. The molecule has 0 saturated carbocycles. The second-order valence-electron chi connectivity index (χ2n) is 7.82. The van der Waals surface area contributed by atoms with Gasteiger partial charge >= 0.3 is 5.97 Å². The van der Waals surface area contributed by atoms with Crippen LogP contribution in [0.1, 0.15) is 27.3 Å². The maximum atomic E-state index is 14.3. The molecule has 3 amide bonds. The number of nitrogens with zero attached hydrogens (tertiary/aromatic N) is 4. The highest BCUT2D eigenvalue weighted by atomic mass is 79.9. The molecule has 13 heteroatoms. The second kappa shape index (κ2) is 9.78. The van der Waals surface area contributed by atoms with Crippen molar-refractivity contribution in [2.24, 2.45) is 5.73 Å². The normalized spacial score (nSPS) is 17.4. The van der Waals surface area contributed by atoms with Crippen LogP contribution >= 0.6 is 15.9 Å². The fraction of sp³-hybridized carbons (Fsp3) is 0.273. The van der Waals surface area contributed by atoms with Crippen LogP contribution in [0.25, 0.3) is 10.9 Å². The summed E-state index contributed by atoms with van der Waals surface area (Å²) < 4.78 is 20.7. The Kier molecular flexibility index (Phi) is 6.78. The summed E-state index contributed by atoms with van der Waals surface area (Å²) in [5.41, 5.74) is 5.82. The van der Waals surface area contributed by atoms with Crippen molar-refractivity contribution in [2.75, 3.05) is 19.0 Å². The number of ether oxygens (including phenoxy) is 1. The lowest BCUT2D eigenvalue weighted by atomic mass is 10.1. The van der Waals surface area contributed by atoms with Crippen molar-refractivity contribution in [1.29, 1.82) is 0 Å². The van der Waals surface area contributed by atoms with Crippen LogP contribution < -0.4 is 11.1 Å². The van der Waals surface area contributed by atoms with Gasteiger partial charge in [-0.1, -0.05) is 6.07 Å². The lowest BCUT2D eigenvalue weighted by Gasteiger charge is -2.23. The number of pyridine rings is 1. The zero-order chi connectivity index (χ0) is 25.3. The van der Waals surface area contributed by atoms with Crippen molar-refractivity contribution < 1.29 is 28.3 Å². The molecule has 3 aromatic rings. The molecule has 1 aliphatic heterocycles. The fourth-order valence-corrected chi connectivity index (χ4v) is 4.29. The molecule has 1 aromatic carbocycles. The number of hydrogen-bond acceptors (Lipinski definition) is 7. The van der Waals surface area contributed by atoms with Crippen molar-refractivity contribution in [2.45, 2.75) is 25.2 Å². The van der Waals surface area contributed by atoms with Gasteiger partial charge in [0.1, 0.15) is 29.2 Å². The maximum Gasteiger partial charge on any atom is 0.337 e. The number of alkyl halides is 1. The molecule has 0 aliphatic carbocycles. The first-order valence-electron chi connectivity index (χ1n) is 10.4. The van der Waals surface area contributed by atoms with Gasteiger partial charge in [-0.05, 0) is 46.3 Å². The van der Waals surface area contributed by atoms with E-state index in [-0.39, 0.29) is 42.0 Å². The Labute approximate surface area is 206 Å². The van der Waals surface area contributed by atoms with Gasteiger partial charge in [-0.25, -0.2) is 14.2 Å². The van der Waals surface area contributed by atoms with Gasteiger partial charge < -0.3 is 20.7 Å². The minimum absolute atomic E-state index is 0.140. The zero-order valence-electron chi connectivity index (χ0n) is 18.4.